The molecule has 4 rings (SSSR count). The number of hydrogen-bond acceptors (Lipinski definition) is 4. The SMILES string of the molecule is O=C(CCCN1C(=O)C(=CC=Cc2ccccc2)SC1=S)Nc1cccc2ccccc12. The number of benzene rings is 3. The molecule has 4 nitrogen and oxygen atoms in total. The molecule has 0 saturated carbocycles. The number of fused-ring (bicyclic) bond motifs is 1. The molecule has 2 amide bonds. The average molecular weight is 459 g/mol. The summed E-state index contributed by atoms with van der Waals surface area (Å²) < 4.78 is 0.531. The molecule has 0 atom stereocenters. The molecule has 1 N–H and O–H groups in total. The normalized spacial score (nSPS) is 15.2. The second-order valence-electron chi connectivity index (χ2n) is 7.30. The highest BCUT2D eigenvalue weighted by Crippen LogP contribution is 2.31. The predicted molar refractivity (Wildman–Crippen MR) is 137 cm³/mol. The minimum Gasteiger partial charge on any atom is -0.326 e. The predicted octanol–water partition coefficient (Wildman–Crippen LogP) is 6.02. The highest BCUT2D eigenvalue weighted by molar-refractivity contribution is 8.26. The van der Waals surface area contributed by atoms with Gasteiger partial charge in [0.05, 0.1) is 4.91 Å². The number of anilines is 1. The molecule has 0 radical (unpaired) electrons. The van der Waals surface area contributed by atoms with Crippen LogP contribution < -0.4 is 5.32 Å². The topological polar surface area (TPSA) is 49.4 Å². The number of carbonyl (C=O) groups excluding carboxylic acids is 2. The number of allylic oxidation sites excluding steroid dienone is 2. The van der Waals surface area contributed by atoms with Crippen molar-refractivity contribution in [2.75, 3.05) is 11.9 Å². The minimum atomic E-state index is -0.104. The molecule has 1 heterocycles. The zero-order chi connectivity index (χ0) is 22.3. The zero-order valence-electron chi connectivity index (χ0n) is 17.4. The van der Waals surface area contributed by atoms with Crippen molar-refractivity contribution in [3.8, 4) is 0 Å². The van der Waals surface area contributed by atoms with Crippen LogP contribution >= 0.6 is 24.0 Å². The van der Waals surface area contributed by atoms with E-state index in [4.69, 9.17) is 12.2 Å². The standard InChI is InChI=1S/C26H22N2O2S2/c29-24(27-22-15-7-13-20-12-4-5-14-21(20)22)17-8-18-28-25(30)23(32-26(28)31)16-6-11-19-9-2-1-3-10-19/h1-7,9-16H,8,17-18H2,(H,27,29). The fourth-order valence-electron chi connectivity index (χ4n) is 3.46. The van der Waals surface area contributed by atoms with Gasteiger partial charge in [-0.05, 0) is 29.5 Å². The van der Waals surface area contributed by atoms with E-state index in [2.05, 4.69) is 5.32 Å². The van der Waals surface area contributed by atoms with E-state index in [9.17, 15) is 9.59 Å². The fraction of sp³-hybridized carbons (Fsp3) is 0.115. The van der Waals surface area contributed by atoms with Crippen LogP contribution in [0.25, 0.3) is 16.8 Å². The summed E-state index contributed by atoms with van der Waals surface area (Å²) in [7, 11) is 0. The van der Waals surface area contributed by atoms with E-state index in [1.54, 1.807) is 11.0 Å². The highest BCUT2D eigenvalue weighted by Gasteiger charge is 2.31. The molecule has 1 aliphatic heterocycles. The van der Waals surface area contributed by atoms with Gasteiger partial charge >= 0.3 is 0 Å². The third-order valence-corrected chi connectivity index (χ3v) is 6.45. The van der Waals surface area contributed by atoms with E-state index in [0.717, 1.165) is 22.0 Å². The number of thioether (sulfide) groups is 1. The lowest BCUT2D eigenvalue weighted by Crippen LogP contribution is -2.29. The maximum atomic E-state index is 12.7. The third-order valence-electron chi connectivity index (χ3n) is 5.06. The summed E-state index contributed by atoms with van der Waals surface area (Å²) >= 11 is 6.67. The van der Waals surface area contributed by atoms with Gasteiger partial charge in [0.2, 0.25) is 5.91 Å². The first-order chi connectivity index (χ1) is 15.6. The molecule has 3 aromatic carbocycles. The smallest absolute Gasteiger partial charge is 0.266 e. The first kappa shape index (κ1) is 22.0. The summed E-state index contributed by atoms with van der Waals surface area (Å²) in [5.74, 6) is -0.180. The van der Waals surface area contributed by atoms with Gasteiger partial charge in [0.25, 0.3) is 5.91 Å². The Morgan fingerprint density at radius 2 is 1.75 bits per heavy atom. The maximum Gasteiger partial charge on any atom is 0.266 e. The first-order valence-electron chi connectivity index (χ1n) is 10.4. The van der Waals surface area contributed by atoms with E-state index in [1.807, 2.05) is 84.9 Å². The van der Waals surface area contributed by atoms with Crippen LogP contribution in [0.1, 0.15) is 18.4 Å². The monoisotopic (exact) mass is 458 g/mol. The third kappa shape index (κ3) is 5.33. The van der Waals surface area contributed by atoms with E-state index >= 15 is 0 Å². The van der Waals surface area contributed by atoms with Gasteiger partial charge in [0, 0.05) is 24.0 Å². The molecule has 1 aliphatic rings. The summed E-state index contributed by atoms with van der Waals surface area (Å²) in [5, 5.41) is 5.07. The van der Waals surface area contributed by atoms with Crippen LogP contribution in [0.5, 0.6) is 0 Å². The summed E-state index contributed by atoms with van der Waals surface area (Å²) in [6.45, 7) is 0.424. The van der Waals surface area contributed by atoms with Crippen molar-refractivity contribution in [1.82, 2.24) is 4.90 Å². The van der Waals surface area contributed by atoms with E-state index in [0.29, 0.717) is 28.6 Å². The van der Waals surface area contributed by atoms with Crippen LogP contribution in [0, 0.1) is 0 Å². The van der Waals surface area contributed by atoms with Crippen molar-refractivity contribution in [1.29, 1.82) is 0 Å². The van der Waals surface area contributed by atoms with Crippen molar-refractivity contribution in [3.63, 3.8) is 0 Å². The van der Waals surface area contributed by atoms with Gasteiger partial charge < -0.3 is 5.32 Å². The second kappa shape index (κ2) is 10.4. The van der Waals surface area contributed by atoms with Crippen molar-refractivity contribution < 1.29 is 9.59 Å². The lowest BCUT2D eigenvalue weighted by atomic mass is 10.1. The molecule has 3 aromatic rings. The molecular formula is C26H22N2O2S2. The number of thiocarbonyl (C=S) groups is 1. The Bertz CT molecular complexity index is 1210. The number of amides is 2. The van der Waals surface area contributed by atoms with Gasteiger partial charge in [0.1, 0.15) is 4.32 Å². The van der Waals surface area contributed by atoms with Gasteiger partial charge in [-0.2, -0.15) is 0 Å². The van der Waals surface area contributed by atoms with E-state index in [1.165, 1.54) is 11.8 Å². The number of hydrogen-bond donors (Lipinski definition) is 1. The summed E-state index contributed by atoms with van der Waals surface area (Å²) in [5.41, 5.74) is 1.86. The molecule has 160 valence electrons. The van der Waals surface area contributed by atoms with Crippen molar-refractivity contribution >= 4 is 62.7 Å². The van der Waals surface area contributed by atoms with Crippen LogP contribution in [0.3, 0.4) is 0 Å². The molecule has 1 fully saturated rings. The van der Waals surface area contributed by atoms with Crippen LogP contribution in [0.2, 0.25) is 0 Å². The lowest BCUT2D eigenvalue weighted by Gasteiger charge is -2.14. The number of carbonyl (C=O) groups is 2. The Kier molecular flexibility index (Phi) is 7.14. The number of nitrogens with one attached hydrogen (secondary N) is 1. The summed E-state index contributed by atoms with van der Waals surface area (Å²) in [6.07, 6.45) is 6.45. The average Bonchev–Trinajstić information content (AvgIpc) is 3.07. The summed E-state index contributed by atoms with van der Waals surface area (Å²) in [6, 6.07) is 23.7. The Morgan fingerprint density at radius 3 is 2.59 bits per heavy atom. The molecule has 0 aromatic heterocycles. The molecule has 1 saturated heterocycles. The Labute approximate surface area is 197 Å². The summed E-state index contributed by atoms with van der Waals surface area (Å²) in [4.78, 5) is 27.3. The number of nitrogens with zero attached hydrogens (tertiary/aromatic N) is 1. The van der Waals surface area contributed by atoms with Crippen molar-refractivity contribution in [2.45, 2.75) is 12.8 Å². The largest absolute Gasteiger partial charge is 0.326 e. The molecule has 0 bridgehead atoms. The second-order valence-corrected chi connectivity index (χ2v) is 8.98. The molecule has 0 aliphatic carbocycles. The molecule has 6 heteroatoms. The van der Waals surface area contributed by atoms with E-state index in [-0.39, 0.29) is 11.8 Å². The highest BCUT2D eigenvalue weighted by atomic mass is 32.2. The lowest BCUT2D eigenvalue weighted by molar-refractivity contribution is -0.122. The van der Waals surface area contributed by atoms with Crippen LogP contribution in [-0.2, 0) is 9.59 Å². The molecule has 0 spiro atoms. The molecule has 0 unspecified atom stereocenters. The minimum absolute atomic E-state index is 0.0758. The molecule has 32 heavy (non-hydrogen) atoms. The van der Waals surface area contributed by atoms with Crippen LogP contribution in [0.15, 0.2) is 89.9 Å². The van der Waals surface area contributed by atoms with Gasteiger partial charge in [-0.3, -0.25) is 14.5 Å². The van der Waals surface area contributed by atoms with Crippen molar-refractivity contribution in [2.24, 2.45) is 0 Å². The fourth-order valence-corrected chi connectivity index (χ4v) is 4.72. The Morgan fingerprint density at radius 1 is 1.00 bits per heavy atom. The van der Waals surface area contributed by atoms with Crippen LogP contribution in [-0.4, -0.2) is 27.6 Å². The van der Waals surface area contributed by atoms with Gasteiger partial charge in [-0.1, -0.05) is 103 Å². The molecular weight excluding hydrogens is 436 g/mol. The van der Waals surface area contributed by atoms with Gasteiger partial charge in [-0.15, -0.1) is 0 Å². The zero-order valence-corrected chi connectivity index (χ0v) is 19.0. The Balaban J connectivity index is 1.30. The van der Waals surface area contributed by atoms with Gasteiger partial charge in [-0.25, -0.2) is 0 Å². The van der Waals surface area contributed by atoms with Crippen LogP contribution in [0.4, 0.5) is 5.69 Å². The number of rotatable bonds is 7. The maximum absolute atomic E-state index is 12.7. The van der Waals surface area contributed by atoms with Gasteiger partial charge in [0.15, 0.2) is 0 Å². The quantitative estimate of drug-likeness (QED) is 0.348. The first-order valence-corrected chi connectivity index (χ1v) is 11.6. The van der Waals surface area contributed by atoms with Crippen molar-refractivity contribution in [3.05, 3.63) is 95.4 Å². The Hall–Kier alpha value is -3.22. The van der Waals surface area contributed by atoms with E-state index < -0.39 is 0 Å².